The Hall–Kier alpha value is -4.80. The summed E-state index contributed by atoms with van der Waals surface area (Å²) in [6.07, 6.45) is 80.2. The van der Waals surface area contributed by atoms with Crippen LogP contribution in [-0.4, -0.2) is 96.7 Å². The molecule has 0 aliphatic carbocycles. The van der Waals surface area contributed by atoms with Crippen LogP contribution in [0.4, 0.5) is 0 Å². The lowest BCUT2D eigenvalue weighted by Gasteiger charge is -2.21. The van der Waals surface area contributed by atoms with E-state index in [1.54, 1.807) is 0 Å². The maximum absolute atomic E-state index is 13.1. The van der Waals surface area contributed by atoms with Crippen LogP contribution in [-0.2, 0) is 65.4 Å². The van der Waals surface area contributed by atoms with E-state index in [0.717, 1.165) is 167 Å². The molecule has 17 nitrogen and oxygen atoms in total. The number of unbranched alkanes of at least 4 members (excludes halogenated alkanes) is 23. The number of ether oxygens (including phenoxy) is 4. The van der Waals surface area contributed by atoms with Crippen LogP contribution < -0.4 is 0 Å². The summed E-state index contributed by atoms with van der Waals surface area (Å²) in [6.45, 7) is 4.51. The minimum atomic E-state index is -4.99. The van der Waals surface area contributed by atoms with Crippen molar-refractivity contribution in [1.29, 1.82) is 0 Å². The quantitative estimate of drug-likeness (QED) is 0.0169. The van der Waals surface area contributed by atoms with Crippen molar-refractivity contribution in [2.45, 2.75) is 316 Å². The molecular weight excluding hydrogens is 1310 g/mol. The lowest BCUT2D eigenvalue weighted by molar-refractivity contribution is -0.161. The minimum Gasteiger partial charge on any atom is -0.462 e. The highest BCUT2D eigenvalue weighted by Gasteiger charge is 2.30. The van der Waals surface area contributed by atoms with Crippen molar-refractivity contribution >= 4 is 39.5 Å². The first-order valence-electron chi connectivity index (χ1n) is 38.4. The summed E-state index contributed by atoms with van der Waals surface area (Å²) in [5, 5.41) is 10.6. The molecule has 100 heavy (non-hydrogen) atoms. The molecule has 0 amide bonds. The first-order chi connectivity index (χ1) is 48.7. The van der Waals surface area contributed by atoms with Crippen molar-refractivity contribution in [3.8, 4) is 0 Å². The van der Waals surface area contributed by atoms with Gasteiger partial charge in [-0.05, 0) is 135 Å². The lowest BCUT2D eigenvalue weighted by Crippen LogP contribution is -2.30. The Balaban J connectivity index is 5.34. The molecule has 0 aliphatic heterocycles. The van der Waals surface area contributed by atoms with E-state index >= 15 is 0 Å². The maximum atomic E-state index is 13.1. The number of hydrogen-bond donors (Lipinski definition) is 3. The second-order valence-electron chi connectivity index (χ2n) is 25.2. The van der Waals surface area contributed by atoms with E-state index in [0.29, 0.717) is 25.7 Å². The van der Waals surface area contributed by atoms with Crippen molar-refractivity contribution in [1.82, 2.24) is 0 Å². The number of rotatable bonds is 71. The smallest absolute Gasteiger partial charge is 0.462 e. The van der Waals surface area contributed by atoms with Crippen LogP contribution in [0.3, 0.4) is 0 Å². The van der Waals surface area contributed by atoms with Crippen LogP contribution in [0.1, 0.15) is 297 Å². The van der Waals surface area contributed by atoms with E-state index in [4.69, 9.17) is 37.0 Å². The van der Waals surface area contributed by atoms with Crippen LogP contribution in [0.25, 0.3) is 0 Å². The molecule has 0 aromatic rings. The van der Waals surface area contributed by atoms with Crippen LogP contribution in [0.15, 0.2) is 134 Å². The molecule has 0 radical (unpaired) electrons. The molecule has 19 heteroatoms. The van der Waals surface area contributed by atoms with E-state index in [1.807, 2.05) is 0 Å². The van der Waals surface area contributed by atoms with Gasteiger partial charge in [-0.3, -0.25) is 37.3 Å². The average molecular weight is 1440 g/mol. The van der Waals surface area contributed by atoms with E-state index in [-0.39, 0.29) is 25.7 Å². The van der Waals surface area contributed by atoms with Gasteiger partial charge in [-0.1, -0.05) is 271 Å². The van der Waals surface area contributed by atoms with Gasteiger partial charge in [-0.2, -0.15) is 0 Å². The zero-order valence-electron chi connectivity index (χ0n) is 62.3. The van der Waals surface area contributed by atoms with Gasteiger partial charge in [0.15, 0.2) is 12.2 Å². The molecule has 0 aromatic heterocycles. The number of phosphoric ester groups is 2. The second-order valence-corrected chi connectivity index (χ2v) is 28.1. The third-order valence-corrected chi connectivity index (χ3v) is 17.5. The van der Waals surface area contributed by atoms with E-state index in [1.165, 1.54) is 51.4 Å². The van der Waals surface area contributed by atoms with Crippen LogP contribution >= 0.6 is 15.6 Å². The SMILES string of the molecule is CC/C=C\C/C=C\C/C=C\C/C=C\C/C=C\CCCCCC(=O)OCC(COP(=O)(O)OCC(O)COP(=O)(O)OCC(COC(=O)CCCCC/C=C\C/C=C\C/C=C\C/C=C\C/C=C\CC)OC(=O)CCCCCCCCCCCCC)OC(=O)CCCCCCC/C=C\CCCC. The highest BCUT2D eigenvalue weighted by Crippen LogP contribution is 2.45. The fourth-order valence-electron chi connectivity index (χ4n) is 9.78. The van der Waals surface area contributed by atoms with Gasteiger partial charge in [0.05, 0.1) is 26.4 Å². The second kappa shape index (κ2) is 72.5. The molecule has 0 saturated heterocycles. The van der Waals surface area contributed by atoms with Crippen molar-refractivity contribution in [3.05, 3.63) is 134 Å². The third-order valence-electron chi connectivity index (χ3n) is 15.6. The summed E-state index contributed by atoms with van der Waals surface area (Å²) in [5.74, 6) is -2.26. The number of carbonyl (C=O) groups excluding carboxylic acids is 4. The van der Waals surface area contributed by atoms with E-state index in [9.17, 15) is 43.2 Å². The predicted molar refractivity (Wildman–Crippen MR) is 408 cm³/mol. The highest BCUT2D eigenvalue weighted by atomic mass is 31.2. The number of phosphoric acid groups is 2. The Kier molecular flexibility index (Phi) is 69.1. The van der Waals surface area contributed by atoms with Gasteiger partial charge in [-0.25, -0.2) is 9.13 Å². The summed E-state index contributed by atoms with van der Waals surface area (Å²) in [7, 11) is -9.97. The first-order valence-corrected chi connectivity index (χ1v) is 41.4. The van der Waals surface area contributed by atoms with Crippen LogP contribution in [0.5, 0.6) is 0 Å². The summed E-state index contributed by atoms with van der Waals surface area (Å²) in [4.78, 5) is 72.8. The number of esters is 4. The summed E-state index contributed by atoms with van der Waals surface area (Å²) >= 11 is 0. The zero-order valence-corrected chi connectivity index (χ0v) is 64.1. The fourth-order valence-corrected chi connectivity index (χ4v) is 11.4. The molecule has 0 heterocycles. The minimum absolute atomic E-state index is 0.0736. The number of aliphatic hydroxyl groups excluding tert-OH is 1. The largest absolute Gasteiger partial charge is 0.472 e. The van der Waals surface area contributed by atoms with Gasteiger partial charge in [0.2, 0.25) is 0 Å². The predicted octanol–water partition coefficient (Wildman–Crippen LogP) is 22.1. The molecule has 0 rings (SSSR count). The third kappa shape index (κ3) is 71.6. The van der Waals surface area contributed by atoms with Crippen LogP contribution in [0, 0.1) is 0 Å². The fraction of sp³-hybridized carbons (Fsp3) is 0.679. The highest BCUT2D eigenvalue weighted by molar-refractivity contribution is 7.47. The molecule has 5 atom stereocenters. The van der Waals surface area contributed by atoms with Gasteiger partial charge >= 0.3 is 39.5 Å². The summed E-state index contributed by atoms with van der Waals surface area (Å²) in [6, 6.07) is 0. The van der Waals surface area contributed by atoms with Crippen molar-refractivity contribution in [2.75, 3.05) is 39.6 Å². The normalized spacial score (nSPS) is 14.7. The number of allylic oxidation sites excluding steroid dienone is 22. The summed E-state index contributed by atoms with van der Waals surface area (Å²) < 4.78 is 68.4. The van der Waals surface area contributed by atoms with E-state index < -0.39 is 97.5 Å². The number of carbonyl (C=O) groups is 4. The van der Waals surface area contributed by atoms with Gasteiger partial charge in [-0.15, -0.1) is 0 Å². The molecule has 5 unspecified atom stereocenters. The van der Waals surface area contributed by atoms with Crippen LogP contribution in [0.2, 0.25) is 0 Å². The monoisotopic (exact) mass is 1440 g/mol. The molecular formula is C81H136O17P2. The number of hydrogen-bond acceptors (Lipinski definition) is 15. The van der Waals surface area contributed by atoms with E-state index in [2.05, 4.69) is 161 Å². The topological polar surface area (TPSA) is 237 Å². The Morgan fingerprint density at radius 3 is 0.850 bits per heavy atom. The Morgan fingerprint density at radius 2 is 0.530 bits per heavy atom. The zero-order chi connectivity index (χ0) is 73.2. The molecule has 0 saturated carbocycles. The van der Waals surface area contributed by atoms with Gasteiger partial charge in [0.1, 0.15) is 19.3 Å². The van der Waals surface area contributed by atoms with Crippen molar-refractivity contribution in [2.24, 2.45) is 0 Å². The molecule has 3 N–H and O–H groups in total. The molecule has 0 fully saturated rings. The van der Waals surface area contributed by atoms with Gasteiger partial charge in [0.25, 0.3) is 0 Å². The molecule has 572 valence electrons. The first kappa shape index (κ1) is 95.2. The maximum Gasteiger partial charge on any atom is 0.472 e. The van der Waals surface area contributed by atoms with Crippen molar-refractivity contribution < 1.29 is 80.2 Å². The number of aliphatic hydroxyl groups is 1. The molecule has 0 aliphatic rings. The lowest BCUT2D eigenvalue weighted by atomic mass is 10.1. The Bertz CT molecular complexity index is 2420. The Labute approximate surface area is 605 Å². The molecule has 0 spiro atoms. The average Bonchev–Trinajstić information content (AvgIpc) is 0.953. The standard InChI is InChI=1S/C81H136O17P2/c1-5-9-13-17-21-25-29-31-33-35-37-39-41-43-47-49-53-57-61-65-78(83)91-71-76(97-80(85)67-63-59-55-51-45-27-23-19-15-11-7-3)73-95-99(87,88)93-69-75(82)70-94-100(89,90)96-74-77(98-81(86)68-64-60-56-52-46-28-24-20-16-12-8-4)72-92-79(84)66-62-58-54-50-48-44-42-40-38-36-34-32-30-26-22-18-14-10-6-2/h9-10,13-14,19,21-23,25-26,31-34,37-40,43-44,47-48,75-77,82H,5-8,11-12,15-18,20,24,27-30,35-36,41-42,45-46,49-74H2,1-4H3,(H,87,88)(H,89,90)/b13-9-,14-10-,23-19-,25-21-,26-22-,33-31-,34-32-,39-37-,40-38-,47-43-,48-44-. The van der Waals surface area contributed by atoms with Gasteiger partial charge in [0, 0.05) is 25.7 Å². The molecule has 0 bridgehead atoms. The molecule has 0 aromatic carbocycles. The van der Waals surface area contributed by atoms with Gasteiger partial charge < -0.3 is 33.8 Å². The summed E-state index contributed by atoms with van der Waals surface area (Å²) in [5.41, 5.74) is 0. The van der Waals surface area contributed by atoms with Crippen molar-refractivity contribution in [3.63, 3.8) is 0 Å². The Morgan fingerprint density at radius 1 is 0.290 bits per heavy atom.